The highest BCUT2D eigenvalue weighted by Crippen LogP contribution is 2.43. The second-order valence-electron chi connectivity index (χ2n) is 6.60. The van der Waals surface area contributed by atoms with Gasteiger partial charge in [0.05, 0.1) is 5.41 Å². The summed E-state index contributed by atoms with van der Waals surface area (Å²) in [6.45, 7) is 2.26. The Balaban J connectivity index is 1.59. The minimum atomic E-state index is -0.581. The van der Waals surface area contributed by atoms with Crippen molar-refractivity contribution in [3.05, 3.63) is 29.8 Å². The van der Waals surface area contributed by atoms with Crippen LogP contribution in [0.15, 0.2) is 24.3 Å². The van der Waals surface area contributed by atoms with Crippen LogP contribution in [0.3, 0.4) is 0 Å². The van der Waals surface area contributed by atoms with Crippen molar-refractivity contribution in [1.82, 2.24) is 10.6 Å². The number of primary amides is 1. The summed E-state index contributed by atoms with van der Waals surface area (Å²) in [5.74, 6) is 0.643. The van der Waals surface area contributed by atoms with Crippen LogP contribution in [0, 0.1) is 11.3 Å². The van der Waals surface area contributed by atoms with Crippen LogP contribution in [0.2, 0.25) is 0 Å². The minimum absolute atomic E-state index is 0.173. The molecule has 0 unspecified atom stereocenters. The Bertz CT molecular complexity index is 587. The van der Waals surface area contributed by atoms with E-state index in [9.17, 15) is 9.59 Å². The number of hydrogen-bond donors (Lipinski definition) is 4. The number of carbonyl (C=O) groups excluding carboxylic acids is 2. The van der Waals surface area contributed by atoms with Gasteiger partial charge >= 0.3 is 6.03 Å². The monoisotopic (exact) mass is 316 g/mol. The van der Waals surface area contributed by atoms with E-state index < -0.39 is 6.03 Å². The molecule has 3 rings (SSSR count). The lowest BCUT2D eigenvalue weighted by atomic mass is 9.67. The van der Waals surface area contributed by atoms with Gasteiger partial charge in [0.1, 0.15) is 0 Å². The summed E-state index contributed by atoms with van der Waals surface area (Å²) in [5, 5.41) is 9.02. The highest BCUT2D eigenvalue weighted by molar-refractivity contribution is 5.87. The molecule has 2 fully saturated rings. The second-order valence-corrected chi connectivity index (χ2v) is 6.60. The number of urea groups is 1. The molecule has 1 aliphatic heterocycles. The number of anilines is 1. The molecule has 2 aliphatic rings. The molecule has 1 aromatic carbocycles. The van der Waals surface area contributed by atoms with Crippen molar-refractivity contribution >= 4 is 17.6 Å². The maximum absolute atomic E-state index is 12.8. The van der Waals surface area contributed by atoms with Gasteiger partial charge in [0, 0.05) is 18.8 Å². The molecule has 0 aromatic heterocycles. The van der Waals surface area contributed by atoms with Gasteiger partial charge in [0.25, 0.3) is 0 Å². The topological polar surface area (TPSA) is 96.2 Å². The van der Waals surface area contributed by atoms with Crippen LogP contribution >= 0.6 is 0 Å². The Kier molecular flexibility index (Phi) is 4.52. The molecule has 6 nitrogen and oxygen atoms in total. The van der Waals surface area contributed by atoms with Crippen molar-refractivity contribution in [2.45, 2.75) is 32.2 Å². The third-order valence-corrected chi connectivity index (χ3v) is 5.16. The lowest BCUT2D eigenvalue weighted by Gasteiger charge is -2.37. The van der Waals surface area contributed by atoms with Gasteiger partial charge in [-0.15, -0.1) is 0 Å². The Morgan fingerprint density at radius 2 is 2.04 bits per heavy atom. The minimum Gasteiger partial charge on any atom is -0.351 e. The summed E-state index contributed by atoms with van der Waals surface area (Å²) in [4.78, 5) is 23.6. The average Bonchev–Trinajstić information content (AvgIpc) is 2.98. The average molecular weight is 316 g/mol. The number of rotatable bonds is 4. The first-order chi connectivity index (χ1) is 11.1. The maximum Gasteiger partial charge on any atom is 0.316 e. The van der Waals surface area contributed by atoms with E-state index in [2.05, 4.69) is 16.0 Å². The summed E-state index contributed by atoms with van der Waals surface area (Å²) in [6, 6.07) is 6.75. The van der Waals surface area contributed by atoms with Crippen molar-refractivity contribution in [3.8, 4) is 0 Å². The molecule has 6 heteroatoms. The molecule has 1 saturated carbocycles. The Labute approximate surface area is 136 Å². The predicted octanol–water partition coefficient (Wildman–Crippen LogP) is 1.57. The van der Waals surface area contributed by atoms with Gasteiger partial charge in [0.15, 0.2) is 0 Å². The Hall–Kier alpha value is -2.08. The molecule has 1 aliphatic carbocycles. The number of carbonyl (C=O) groups is 2. The van der Waals surface area contributed by atoms with Gasteiger partial charge in [-0.3, -0.25) is 4.79 Å². The fourth-order valence-corrected chi connectivity index (χ4v) is 3.90. The summed E-state index contributed by atoms with van der Waals surface area (Å²) in [7, 11) is 0. The van der Waals surface area contributed by atoms with Crippen LogP contribution in [0.4, 0.5) is 10.5 Å². The van der Waals surface area contributed by atoms with Crippen LogP contribution in [-0.2, 0) is 11.3 Å². The highest BCUT2D eigenvalue weighted by Gasteiger charge is 2.49. The van der Waals surface area contributed by atoms with Crippen molar-refractivity contribution < 1.29 is 9.59 Å². The van der Waals surface area contributed by atoms with Gasteiger partial charge in [-0.05, 0) is 43.0 Å². The van der Waals surface area contributed by atoms with E-state index in [0.717, 1.165) is 37.9 Å². The number of nitrogens with two attached hydrogens (primary N) is 1. The largest absolute Gasteiger partial charge is 0.351 e. The van der Waals surface area contributed by atoms with Crippen molar-refractivity contribution in [3.63, 3.8) is 0 Å². The van der Waals surface area contributed by atoms with E-state index in [1.54, 1.807) is 12.1 Å². The Morgan fingerprint density at radius 1 is 1.26 bits per heavy atom. The predicted molar refractivity (Wildman–Crippen MR) is 88.8 cm³/mol. The molecule has 1 aromatic rings. The van der Waals surface area contributed by atoms with Crippen LogP contribution in [-0.4, -0.2) is 25.0 Å². The van der Waals surface area contributed by atoms with E-state index in [1.165, 1.54) is 6.42 Å². The van der Waals surface area contributed by atoms with E-state index >= 15 is 0 Å². The standard InChI is InChI=1S/C17H24N4O2/c18-16(23)21-14-6-4-12(5-7-14)9-20-15(22)17-8-2-1-3-13(17)10-19-11-17/h4-7,13,19H,1-3,8-11H2,(H,20,22)(H3,18,21,23)/t13-,17+/m0/s1. The SMILES string of the molecule is NC(=O)Nc1ccc(CNC(=O)[C@@]23CCCC[C@H]2CNC3)cc1. The zero-order valence-electron chi connectivity index (χ0n) is 13.2. The third kappa shape index (κ3) is 3.32. The van der Waals surface area contributed by atoms with Crippen molar-refractivity contribution in [2.75, 3.05) is 18.4 Å². The van der Waals surface area contributed by atoms with Crippen LogP contribution in [0.5, 0.6) is 0 Å². The number of hydrogen-bond acceptors (Lipinski definition) is 3. The molecule has 124 valence electrons. The lowest BCUT2D eigenvalue weighted by molar-refractivity contribution is -0.134. The first kappa shape index (κ1) is 15.8. The van der Waals surface area contributed by atoms with E-state index in [0.29, 0.717) is 18.2 Å². The zero-order valence-corrected chi connectivity index (χ0v) is 13.2. The van der Waals surface area contributed by atoms with Crippen molar-refractivity contribution in [1.29, 1.82) is 0 Å². The first-order valence-corrected chi connectivity index (χ1v) is 8.24. The van der Waals surface area contributed by atoms with Gasteiger partial charge in [0.2, 0.25) is 5.91 Å². The molecule has 5 N–H and O–H groups in total. The normalized spacial score (nSPS) is 26.3. The smallest absolute Gasteiger partial charge is 0.316 e. The second kappa shape index (κ2) is 6.58. The summed E-state index contributed by atoms with van der Waals surface area (Å²) in [6.07, 6.45) is 4.50. The molecule has 0 bridgehead atoms. The van der Waals surface area contributed by atoms with Gasteiger partial charge in [-0.1, -0.05) is 25.0 Å². The molecule has 2 atom stereocenters. The fraction of sp³-hybridized carbons (Fsp3) is 0.529. The number of fused-ring (bicyclic) bond motifs is 1. The van der Waals surface area contributed by atoms with Crippen LogP contribution in [0.25, 0.3) is 0 Å². The number of amides is 3. The van der Waals surface area contributed by atoms with Crippen molar-refractivity contribution in [2.24, 2.45) is 17.1 Å². The van der Waals surface area contributed by atoms with E-state index in [4.69, 9.17) is 5.73 Å². The molecule has 23 heavy (non-hydrogen) atoms. The summed E-state index contributed by atoms with van der Waals surface area (Å²) >= 11 is 0. The van der Waals surface area contributed by atoms with Crippen LogP contribution in [0.1, 0.15) is 31.2 Å². The molecule has 0 spiro atoms. The Morgan fingerprint density at radius 3 is 2.78 bits per heavy atom. The lowest BCUT2D eigenvalue weighted by Crippen LogP contribution is -2.47. The molecule has 3 amide bonds. The molecule has 0 radical (unpaired) electrons. The molecular weight excluding hydrogens is 292 g/mol. The molecular formula is C17H24N4O2. The maximum atomic E-state index is 12.8. The van der Waals surface area contributed by atoms with Gasteiger partial charge in [-0.2, -0.15) is 0 Å². The van der Waals surface area contributed by atoms with Crippen LogP contribution < -0.4 is 21.7 Å². The molecule has 1 saturated heterocycles. The zero-order chi connectivity index (χ0) is 16.3. The van der Waals surface area contributed by atoms with Gasteiger partial charge < -0.3 is 21.7 Å². The third-order valence-electron chi connectivity index (χ3n) is 5.16. The van der Waals surface area contributed by atoms with Gasteiger partial charge in [-0.25, -0.2) is 4.79 Å². The van der Waals surface area contributed by atoms with E-state index in [1.807, 2.05) is 12.1 Å². The summed E-state index contributed by atoms with van der Waals surface area (Å²) < 4.78 is 0. The first-order valence-electron chi connectivity index (χ1n) is 8.24. The fourth-order valence-electron chi connectivity index (χ4n) is 3.90. The summed E-state index contributed by atoms with van der Waals surface area (Å²) in [5.41, 5.74) is 6.52. The molecule has 1 heterocycles. The quantitative estimate of drug-likeness (QED) is 0.679. The number of nitrogens with one attached hydrogen (secondary N) is 3. The number of benzene rings is 1. The van der Waals surface area contributed by atoms with E-state index in [-0.39, 0.29) is 11.3 Å². The highest BCUT2D eigenvalue weighted by atomic mass is 16.2.